The van der Waals surface area contributed by atoms with Gasteiger partial charge in [0.1, 0.15) is 6.33 Å². The first-order valence-electron chi connectivity index (χ1n) is 3.97. The number of halogens is 1. The quantitative estimate of drug-likeness (QED) is 0.750. The second kappa shape index (κ2) is 5.32. The van der Waals surface area contributed by atoms with Crippen LogP contribution in [0.4, 0.5) is 5.13 Å². The number of nitrogens with one attached hydrogen (secondary N) is 1. The first-order valence-corrected chi connectivity index (χ1v) is 5.18. The normalized spacial score (nSPS) is 12.8. The fraction of sp³-hybridized carbons (Fsp3) is 0.714. The maximum atomic E-state index is 5.99. The van der Waals surface area contributed by atoms with Crippen LogP contribution < -0.4 is 5.32 Å². The highest BCUT2D eigenvalue weighted by molar-refractivity contribution is 7.09. The maximum Gasteiger partial charge on any atom is 0.202 e. The van der Waals surface area contributed by atoms with E-state index in [9.17, 15) is 0 Å². The monoisotopic (exact) mass is 205 g/mol. The molecule has 0 aromatic carbocycles. The predicted molar refractivity (Wildman–Crippen MR) is 52.9 cm³/mol. The van der Waals surface area contributed by atoms with Gasteiger partial charge in [0.25, 0.3) is 0 Å². The van der Waals surface area contributed by atoms with Gasteiger partial charge in [0.15, 0.2) is 0 Å². The number of rotatable bonds is 5. The van der Waals surface area contributed by atoms with Crippen LogP contribution in [0.2, 0.25) is 0 Å². The van der Waals surface area contributed by atoms with Crippen LogP contribution in [-0.4, -0.2) is 21.3 Å². The third-order valence-corrected chi connectivity index (χ3v) is 2.43. The van der Waals surface area contributed by atoms with Gasteiger partial charge in [-0.25, -0.2) is 4.98 Å². The van der Waals surface area contributed by atoms with Crippen molar-refractivity contribution in [3.63, 3.8) is 0 Å². The molecule has 0 saturated carbocycles. The van der Waals surface area contributed by atoms with Crippen molar-refractivity contribution < 1.29 is 0 Å². The molecule has 0 radical (unpaired) electrons. The number of hydrogen-bond donors (Lipinski definition) is 1. The Morgan fingerprint density at radius 2 is 2.58 bits per heavy atom. The van der Waals surface area contributed by atoms with Crippen LogP contribution in [0.25, 0.3) is 0 Å². The van der Waals surface area contributed by atoms with Crippen LogP contribution in [0.3, 0.4) is 0 Å². The molecule has 0 aliphatic carbocycles. The van der Waals surface area contributed by atoms with E-state index in [-0.39, 0.29) is 5.38 Å². The summed E-state index contributed by atoms with van der Waals surface area (Å²) >= 11 is 7.34. The van der Waals surface area contributed by atoms with Crippen LogP contribution in [0.15, 0.2) is 6.33 Å². The fourth-order valence-corrected chi connectivity index (χ4v) is 1.60. The van der Waals surface area contributed by atoms with E-state index in [4.69, 9.17) is 11.6 Å². The Bertz CT molecular complexity index is 202. The molecule has 0 bridgehead atoms. The SMILES string of the molecule is CCCC(Cl)CNc1ncns1. The van der Waals surface area contributed by atoms with Gasteiger partial charge >= 0.3 is 0 Å². The van der Waals surface area contributed by atoms with E-state index < -0.39 is 0 Å². The Kier molecular flexibility index (Phi) is 4.32. The highest BCUT2D eigenvalue weighted by atomic mass is 35.5. The van der Waals surface area contributed by atoms with Gasteiger partial charge in [-0.3, -0.25) is 0 Å². The molecule has 1 rings (SSSR count). The summed E-state index contributed by atoms with van der Waals surface area (Å²) in [5.74, 6) is 0. The average Bonchev–Trinajstić information content (AvgIpc) is 2.53. The predicted octanol–water partition coefficient (Wildman–Crippen LogP) is 2.36. The molecule has 1 unspecified atom stereocenters. The van der Waals surface area contributed by atoms with Crippen molar-refractivity contribution in [2.75, 3.05) is 11.9 Å². The van der Waals surface area contributed by atoms with Crippen molar-refractivity contribution in [2.24, 2.45) is 0 Å². The van der Waals surface area contributed by atoms with E-state index in [2.05, 4.69) is 21.6 Å². The molecule has 0 fully saturated rings. The summed E-state index contributed by atoms with van der Waals surface area (Å²) in [6, 6.07) is 0. The summed E-state index contributed by atoms with van der Waals surface area (Å²) in [5, 5.41) is 4.16. The largest absolute Gasteiger partial charge is 0.359 e. The molecule has 1 aromatic heterocycles. The van der Waals surface area contributed by atoms with E-state index in [1.54, 1.807) is 0 Å². The third-order valence-electron chi connectivity index (χ3n) is 1.44. The number of alkyl halides is 1. The van der Waals surface area contributed by atoms with Crippen LogP contribution in [-0.2, 0) is 0 Å². The lowest BCUT2D eigenvalue weighted by atomic mass is 10.2. The van der Waals surface area contributed by atoms with E-state index >= 15 is 0 Å². The zero-order chi connectivity index (χ0) is 8.81. The summed E-state index contributed by atoms with van der Waals surface area (Å²) in [6.07, 6.45) is 3.69. The van der Waals surface area contributed by atoms with Crippen LogP contribution in [0, 0.1) is 0 Å². The smallest absolute Gasteiger partial charge is 0.202 e. The summed E-state index contributed by atoms with van der Waals surface area (Å²) in [6.45, 7) is 2.89. The highest BCUT2D eigenvalue weighted by Crippen LogP contribution is 2.10. The lowest BCUT2D eigenvalue weighted by Crippen LogP contribution is -2.13. The third kappa shape index (κ3) is 3.36. The molecule has 3 nitrogen and oxygen atoms in total. The van der Waals surface area contributed by atoms with Gasteiger partial charge in [-0.2, -0.15) is 4.37 Å². The Balaban J connectivity index is 2.17. The van der Waals surface area contributed by atoms with E-state index in [1.165, 1.54) is 17.9 Å². The molecular formula is C7H12ClN3S. The number of nitrogens with zero attached hydrogens (tertiary/aromatic N) is 2. The molecule has 0 spiro atoms. The molecule has 0 aliphatic heterocycles. The fourth-order valence-electron chi connectivity index (χ4n) is 0.864. The van der Waals surface area contributed by atoms with Crippen molar-refractivity contribution in [3.8, 4) is 0 Å². The second-order valence-corrected chi connectivity index (χ2v) is 3.91. The van der Waals surface area contributed by atoms with Gasteiger partial charge < -0.3 is 5.32 Å². The Hall–Kier alpha value is -0.350. The molecule has 0 saturated heterocycles. The van der Waals surface area contributed by atoms with Crippen LogP contribution in [0.1, 0.15) is 19.8 Å². The number of anilines is 1. The van der Waals surface area contributed by atoms with Crippen molar-refractivity contribution in [1.82, 2.24) is 9.36 Å². The second-order valence-electron chi connectivity index (χ2n) is 2.51. The Morgan fingerprint density at radius 3 is 3.17 bits per heavy atom. The molecule has 68 valence electrons. The van der Waals surface area contributed by atoms with Gasteiger partial charge in [0.2, 0.25) is 5.13 Å². The van der Waals surface area contributed by atoms with E-state index in [0.29, 0.717) is 0 Å². The molecule has 1 aromatic rings. The molecule has 0 amide bonds. The lowest BCUT2D eigenvalue weighted by Gasteiger charge is -2.07. The molecule has 5 heteroatoms. The molecule has 0 aliphatic rings. The van der Waals surface area contributed by atoms with Crippen LogP contribution in [0.5, 0.6) is 0 Å². The molecular weight excluding hydrogens is 194 g/mol. The Labute approximate surface area is 81.3 Å². The first-order chi connectivity index (χ1) is 5.83. The minimum Gasteiger partial charge on any atom is -0.359 e. The number of aromatic nitrogens is 2. The lowest BCUT2D eigenvalue weighted by molar-refractivity contribution is 0.751. The van der Waals surface area contributed by atoms with Crippen LogP contribution >= 0.6 is 23.1 Å². The van der Waals surface area contributed by atoms with Crippen molar-refractivity contribution >= 4 is 28.3 Å². The highest BCUT2D eigenvalue weighted by Gasteiger charge is 2.03. The van der Waals surface area contributed by atoms with E-state index in [0.717, 1.165) is 24.5 Å². The van der Waals surface area contributed by atoms with Crippen molar-refractivity contribution in [3.05, 3.63) is 6.33 Å². The molecule has 1 atom stereocenters. The number of hydrogen-bond acceptors (Lipinski definition) is 4. The average molecular weight is 206 g/mol. The van der Waals surface area contributed by atoms with Gasteiger partial charge in [-0.1, -0.05) is 13.3 Å². The standard InChI is InChI=1S/C7H12ClN3S/c1-2-3-6(8)4-9-7-10-5-11-12-7/h5-6H,2-4H2,1H3,(H,9,10,11). The van der Waals surface area contributed by atoms with E-state index in [1.807, 2.05) is 0 Å². The van der Waals surface area contributed by atoms with Gasteiger partial charge in [0.05, 0.1) is 5.38 Å². The first kappa shape index (κ1) is 9.74. The summed E-state index contributed by atoms with van der Waals surface area (Å²) in [7, 11) is 0. The van der Waals surface area contributed by atoms with Crippen molar-refractivity contribution in [2.45, 2.75) is 25.1 Å². The molecule has 1 N–H and O–H groups in total. The van der Waals surface area contributed by atoms with Gasteiger partial charge in [-0.05, 0) is 6.42 Å². The maximum absolute atomic E-state index is 5.99. The minimum absolute atomic E-state index is 0.193. The Morgan fingerprint density at radius 1 is 1.75 bits per heavy atom. The summed E-state index contributed by atoms with van der Waals surface area (Å²) in [5.41, 5.74) is 0. The van der Waals surface area contributed by atoms with Gasteiger partial charge in [0, 0.05) is 18.1 Å². The van der Waals surface area contributed by atoms with Crippen molar-refractivity contribution in [1.29, 1.82) is 0 Å². The summed E-state index contributed by atoms with van der Waals surface area (Å²) in [4.78, 5) is 3.99. The zero-order valence-electron chi connectivity index (χ0n) is 6.96. The molecule has 12 heavy (non-hydrogen) atoms. The minimum atomic E-state index is 0.193. The van der Waals surface area contributed by atoms with Gasteiger partial charge in [-0.15, -0.1) is 11.6 Å². The summed E-state index contributed by atoms with van der Waals surface area (Å²) < 4.78 is 3.87. The topological polar surface area (TPSA) is 37.8 Å². The zero-order valence-corrected chi connectivity index (χ0v) is 8.53. The molecule has 1 heterocycles.